The van der Waals surface area contributed by atoms with E-state index in [2.05, 4.69) is 15.3 Å². The Balaban J connectivity index is 2.41. The summed E-state index contributed by atoms with van der Waals surface area (Å²) in [4.78, 5) is 26.0. The van der Waals surface area contributed by atoms with Crippen LogP contribution in [0.5, 0.6) is 0 Å². The van der Waals surface area contributed by atoms with Crippen LogP contribution in [-0.4, -0.2) is 24.5 Å². The largest absolute Gasteiger partial charge is 0.329 e. The molecule has 7 heteroatoms. The van der Waals surface area contributed by atoms with Gasteiger partial charge < -0.3 is 0 Å². The van der Waals surface area contributed by atoms with Crippen molar-refractivity contribution in [3.05, 3.63) is 51.2 Å². The summed E-state index contributed by atoms with van der Waals surface area (Å²) < 4.78 is 2.39. The normalized spacial score (nSPS) is 10.9. The zero-order chi connectivity index (χ0) is 12.7. The average Bonchev–Trinajstić information content (AvgIpc) is 2.81. The van der Waals surface area contributed by atoms with Crippen molar-refractivity contribution in [3.63, 3.8) is 0 Å². The second-order valence-corrected chi connectivity index (χ2v) is 3.83. The fourth-order valence-corrected chi connectivity index (χ4v) is 1.72. The molecule has 3 rings (SSSR count). The van der Waals surface area contributed by atoms with E-state index < -0.39 is 11.2 Å². The van der Waals surface area contributed by atoms with Gasteiger partial charge in [-0.1, -0.05) is 23.4 Å². The van der Waals surface area contributed by atoms with Crippen LogP contribution in [0.2, 0.25) is 0 Å². The fourth-order valence-electron chi connectivity index (χ4n) is 1.72. The molecule has 0 bridgehead atoms. The molecule has 2 aromatic heterocycles. The van der Waals surface area contributed by atoms with Crippen molar-refractivity contribution in [1.29, 1.82) is 0 Å². The molecule has 18 heavy (non-hydrogen) atoms. The highest BCUT2D eigenvalue weighted by Gasteiger charge is 2.12. The van der Waals surface area contributed by atoms with Gasteiger partial charge in [0.05, 0.1) is 5.69 Å². The van der Waals surface area contributed by atoms with Crippen molar-refractivity contribution in [1.82, 2.24) is 24.5 Å². The molecule has 0 aliphatic rings. The quantitative estimate of drug-likeness (QED) is 0.641. The lowest BCUT2D eigenvalue weighted by Crippen LogP contribution is -2.32. The number of aromatic nitrogens is 5. The molecule has 0 fully saturated rings. The van der Waals surface area contributed by atoms with Crippen LogP contribution in [0.15, 0.2) is 39.9 Å². The van der Waals surface area contributed by atoms with Crippen LogP contribution in [0, 0.1) is 0 Å². The molecule has 0 saturated heterocycles. The summed E-state index contributed by atoms with van der Waals surface area (Å²) in [5.41, 5.74) is 0.210. The number of hydrogen-bond acceptors (Lipinski definition) is 4. The molecule has 0 saturated carbocycles. The van der Waals surface area contributed by atoms with Gasteiger partial charge in [0.25, 0.3) is 5.56 Å². The molecule has 0 atom stereocenters. The second kappa shape index (κ2) is 3.66. The van der Waals surface area contributed by atoms with Crippen molar-refractivity contribution in [2.45, 2.75) is 0 Å². The molecular weight excluding hydrogens is 234 g/mol. The standard InChI is InChI=1S/C11H9N5O2/c1-15-10(17)8-9(12-11(15)18)16(14-13-8)7-5-3-2-4-6-7/h2-6H,1H3,(H,12,18). The summed E-state index contributed by atoms with van der Waals surface area (Å²) in [7, 11) is 1.39. The van der Waals surface area contributed by atoms with E-state index in [0.29, 0.717) is 5.65 Å². The second-order valence-electron chi connectivity index (χ2n) is 3.83. The molecule has 0 radical (unpaired) electrons. The summed E-state index contributed by atoms with van der Waals surface area (Å²) in [6, 6.07) is 9.15. The predicted octanol–water partition coefficient (Wildman–Crippen LogP) is -0.193. The highest BCUT2D eigenvalue weighted by molar-refractivity contribution is 5.70. The third kappa shape index (κ3) is 1.37. The summed E-state index contributed by atoms with van der Waals surface area (Å²) >= 11 is 0. The molecule has 7 nitrogen and oxygen atoms in total. The van der Waals surface area contributed by atoms with Crippen LogP contribution in [-0.2, 0) is 7.05 Å². The van der Waals surface area contributed by atoms with Gasteiger partial charge in [0, 0.05) is 7.05 Å². The maximum absolute atomic E-state index is 11.8. The molecule has 0 amide bonds. The average molecular weight is 243 g/mol. The monoisotopic (exact) mass is 243 g/mol. The van der Waals surface area contributed by atoms with Gasteiger partial charge in [-0.25, -0.2) is 4.79 Å². The zero-order valence-corrected chi connectivity index (χ0v) is 9.49. The Kier molecular flexibility index (Phi) is 2.12. The lowest BCUT2D eigenvalue weighted by molar-refractivity contribution is 0.785. The maximum atomic E-state index is 11.8. The van der Waals surface area contributed by atoms with Crippen molar-refractivity contribution >= 4 is 11.2 Å². The van der Waals surface area contributed by atoms with Crippen molar-refractivity contribution in [3.8, 4) is 5.69 Å². The first-order valence-electron chi connectivity index (χ1n) is 5.28. The molecular formula is C11H9N5O2. The number of nitrogens with zero attached hydrogens (tertiary/aromatic N) is 4. The Bertz CT molecular complexity index is 828. The number of nitrogens with one attached hydrogen (secondary N) is 1. The topological polar surface area (TPSA) is 85.6 Å². The molecule has 1 aromatic carbocycles. The number of hydrogen-bond donors (Lipinski definition) is 1. The first kappa shape index (κ1) is 10.5. The number of benzene rings is 1. The fraction of sp³-hybridized carbons (Fsp3) is 0.0909. The molecule has 0 spiro atoms. The highest BCUT2D eigenvalue weighted by Crippen LogP contribution is 2.09. The first-order valence-corrected chi connectivity index (χ1v) is 5.28. The summed E-state index contributed by atoms with van der Waals surface area (Å²) in [5.74, 6) is 0. The van der Waals surface area contributed by atoms with E-state index >= 15 is 0 Å². The van der Waals surface area contributed by atoms with Gasteiger partial charge in [-0.05, 0) is 12.1 Å². The minimum atomic E-state index is -0.494. The van der Waals surface area contributed by atoms with Gasteiger partial charge in [0.15, 0.2) is 11.2 Å². The van der Waals surface area contributed by atoms with Crippen LogP contribution in [0.1, 0.15) is 0 Å². The Hall–Kier alpha value is -2.70. The Morgan fingerprint density at radius 3 is 2.61 bits per heavy atom. The Labute approximate surface area is 100 Å². The van der Waals surface area contributed by atoms with Crippen molar-refractivity contribution < 1.29 is 0 Å². The molecule has 1 N–H and O–H groups in total. The van der Waals surface area contributed by atoms with E-state index in [1.54, 1.807) is 0 Å². The number of fused-ring (bicyclic) bond motifs is 1. The van der Waals surface area contributed by atoms with E-state index in [1.165, 1.54) is 11.7 Å². The van der Waals surface area contributed by atoms with Crippen LogP contribution in [0.4, 0.5) is 0 Å². The van der Waals surface area contributed by atoms with E-state index in [-0.39, 0.29) is 5.52 Å². The predicted molar refractivity (Wildman–Crippen MR) is 64.7 cm³/mol. The van der Waals surface area contributed by atoms with Crippen LogP contribution >= 0.6 is 0 Å². The minimum Gasteiger partial charge on any atom is -0.290 e. The van der Waals surface area contributed by atoms with Crippen LogP contribution in [0.3, 0.4) is 0 Å². The molecule has 2 heterocycles. The summed E-state index contributed by atoms with van der Waals surface area (Å²) in [5, 5.41) is 7.70. The minimum absolute atomic E-state index is 0.140. The Morgan fingerprint density at radius 1 is 1.17 bits per heavy atom. The van der Waals surface area contributed by atoms with E-state index in [0.717, 1.165) is 10.3 Å². The van der Waals surface area contributed by atoms with Gasteiger partial charge in [-0.3, -0.25) is 14.3 Å². The summed E-state index contributed by atoms with van der Waals surface area (Å²) in [6.45, 7) is 0. The SMILES string of the molecule is Cn1c(=O)[nH]c2c(nnn2-c2ccccc2)c1=O. The number of para-hydroxylation sites is 1. The molecule has 0 aliphatic heterocycles. The van der Waals surface area contributed by atoms with E-state index in [9.17, 15) is 9.59 Å². The van der Waals surface area contributed by atoms with Crippen LogP contribution in [0.25, 0.3) is 16.9 Å². The van der Waals surface area contributed by atoms with Gasteiger partial charge in [0.1, 0.15) is 0 Å². The molecule has 90 valence electrons. The van der Waals surface area contributed by atoms with Crippen molar-refractivity contribution in [2.75, 3.05) is 0 Å². The molecule has 0 unspecified atom stereocenters. The molecule has 3 aromatic rings. The van der Waals surface area contributed by atoms with Crippen molar-refractivity contribution in [2.24, 2.45) is 7.05 Å². The Morgan fingerprint density at radius 2 is 1.89 bits per heavy atom. The third-order valence-corrected chi connectivity index (χ3v) is 2.71. The number of rotatable bonds is 1. The van der Waals surface area contributed by atoms with Gasteiger partial charge >= 0.3 is 5.69 Å². The molecule has 0 aliphatic carbocycles. The van der Waals surface area contributed by atoms with Gasteiger partial charge in [0.2, 0.25) is 0 Å². The summed E-state index contributed by atoms with van der Waals surface area (Å²) in [6.07, 6.45) is 0. The van der Waals surface area contributed by atoms with E-state index in [1.807, 2.05) is 30.3 Å². The first-order chi connectivity index (χ1) is 8.68. The lowest BCUT2D eigenvalue weighted by atomic mass is 10.3. The zero-order valence-electron chi connectivity index (χ0n) is 9.49. The third-order valence-electron chi connectivity index (χ3n) is 2.71. The smallest absolute Gasteiger partial charge is 0.290 e. The van der Waals surface area contributed by atoms with E-state index in [4.69, 9.17) is 0 Å². The number of H-pyrrole nitrogens is 1. The lowest BCUT2D eigenvalue weighted by Gasteiger charge is -2.01. The number of aromatic amines is 1. The van der Waals surface area contributed by atoms with Crippen LogP contribution < -0.4 is 11.2 Å². The van der Waals surface area contributed by atoms with Gasteiger partial charge in [-0.15, -0.1) is 5.10 Å². The van der Waals surface area contributed by atoms with Gasteiger partial charge in [-0.2, -0.15) is 4.68 Å². The highest BCUT2D eigenvalue weighted by atomic mass is 16.2. The maximum Gasteiger partial charge on any atom is 0.329 e.